The van der Waals surface area contributed by atoms with Crippen LogP contribution < -0.4 is 10.5 Å². The van der Waals surface area contributed by atoms with E-state index < -0.39 is 10.0 Å². The number of primary sulfonamides is 1. The number of nitrogens with two attached hydrogens (primary N) is 1. The molecule has 2 rings (SSSR count). The number of hydrogen-bond acceptors (Lipinski definition) is 5. The minimum absolute atomic E-state index is 0.144. The van der Waals surface area contributed by atoms with Gasteiger partial charge in [0.15, 0.2) is 0 Å². The zero-order valence-corrected chi connectivity index (χ0v) is 11.4. The highest BCUT2D eigenvalue weighted by atomic mass is 32.2. The number of aryl methyl sites for hydroxylation is 1. The lowest BCUT2D eigenvalue weighted by Gasteiger charge is -2.08. The maximum Gasteiger partial charge on any atom is 0.238 e. The van der Waals surface area contributed by atoms with Gasteiger partial charge >= 0.3 is 0 Å². The second kappa shape index (κ2) is 5.05. The third kappa shape index (κ3) is 3.06. The molecule has 5 nitrogen and oxygen atoms in total. The van der Waals surface area contributed by atoms with Gasteiger partial charge in [-0.2, -0.15) is 0 Å². The maximum absolute atomic E-state index is 11.4. The van der Waals surface area contributed by atoms with Crippen molar-refractivity contribution in [3.05, 3.63) is 40.3 Å². The number of nitrogens with one attached hydrogen (secondary N) is 1. The topological polar surface area (TPSA) is 85.1 Å². The lowest BCUT2D eigenvalue weighted by atomic mass is 10.2. The predicted molar refractivity (Wildman–Crippen MR) is 72.0 cm³/mol. The fraction of sp³-hybridized carbons (Fsp3) is 0.182. The SMILES string of the molecule is Cc1ccc(NCc2cscn2)cc1S(N)(=O)=O. The smallest absolute Gasteiger partial charge is 0.238 e. The van der Waals surface area contributed by atoms with Crippen molar-refractivity contribution in [2.75, 3.05) is 5.32 Å². The fourth-order valence-corrected chi connectivity index (χ4v) is 2.90. The number of hydrogen-bond donors (Lipinski definition) is 2. The molecule has 0 aliphatic carbocycles. The molecule has 96 valence electrons. The van der Waals surface area contributed by atoms with Crippen LogP contribution in [0.5, 0.6) is 0 Å². The van der Waals surface area contributed by atoms with Gasteiger partial charge in [0.1, 0.15) is 0 Å². The van der Waals surface area contributed by atoms with Crippen LogP contribution >= 0.6 is 11.3 Å². The van der Waals surface area contributed by atoms with Crippen molar-refractivity contribution in [3.63, 3.8) is 0 Å². The molecule has 1 aromatic heterocycles. The molecule has 0 spiro atoms. The second-order valence-corrected chi connectivity index (χ2v) is 6.11. The fourth-order valence-electron chi connectivity index (χ4n) is 1.53. The highest BCUT2D eigenvalue weighted by Gasteiger charge is 2.11. The predicted octanol–water partition coefficient (Wildman–Crippen LogP) is 1.71. The summed E-state index contributed by atoms with van der Waals surface area (Å²) in [4.78, 5) is 4.28. The van der Waals surface area contributed by atoms with Crippen molar-refractivity contribution in [2.24, 2.45) is 5.14 Å². The number of rotatable bonds is 4. The number of sulfonamides is 1. The second-order valence-electron chi connectivity index (χ2n) is 3.86. The Bertz CT molecular complexity index is 636. The summed E-state index contributed by atoms with van der Waals surface area (Å²) in [6.07, 6.45) is 0. The van der Waals surface area contributed by atoms with Gasteiger partial charge < -0.3 is 5.32 Å². The summed E-state index contributed by atoms with van der Waals surface area (Å²) in [6.45, 7) is 2.26. The summed E-state index contributed by atoms with van der Waals surface area (Å²) < 4.78 is 22.8. The van der Waals surface area contributed by atoms with Crippen LogP contribution in [0.3, 0.4) is 0 Å². The molecule has 0 atom stereocenters. The van der Waals surface area contributed by atoms with Crippen molar-refractivity contribution < 1.29 is 8.42 Å². The average Bonchev–Trinajstić information content (AvgIpc) is 2.79. The summed E-state index contributed by atoms with van der Waals surface area (Å²) in [7, 11) is -3.68. The number of anilines is 1. The first-order valence-corrected chi connectivity index (χ1v) is 7.70. The minimum atomic E-state index is -3.68. The molecule has 0 aliphatic heterocycles. The van der Waals surface area contributed by atoms with Crippen LogP contribution in [-0.2, 0) is 16.6 Å². The Balaban J connectivity index is 2.20. The van der Waals surface area contributed by atoms with Gasteiger partial charge in [0.2, 0.25) is 10.0 Å². The van der Waals surface area contributed by atoms with Crippen molar-refractivity contribution in [3.8, 4) is 0 Å². The Kier molecular flexibility index (Phi) is 3.65. The third-order valence-corrected chi connectivity index (χ3v) is 4.14. The van der Waals surface area contributed by atoms with Gasteiger partial charge in [0, 0.05) is 11.1 Å². The molecule has 0 radical (unpaired) electrons. The van der Waals surface area contributed by atoms with E-state index in [0.717, 1.165) is 5.69 Å². The van der Waals surface area contributed by atoms with Crippen LogP contribution in [0.15, 0.2) is 34.0 Å². The van der Waals surface area contributed by atoms with Crippen molar-refractivity contribution in [1.82, 2.24) is 4.98 Å². The van der Waals surface area contributed by atoms with E-state index in [1.54, 1.807) is 18.5 Å². The molecule has 0 unspecified atom stereocenters. The molecule has 18 heavy (non-hydrogen) atoms. The molecule has 0 saturated carbocycles. The monoisotopic (exact) mass is 283 g/mol. The van der Waals surface area contributed by atoms with Gasteiger partial charge in [-0.05, 0) is 24.6 Å². The highest BCUT2D eigenvalue weighted by Crippen LogP contribution is 2.19. The van der Waals surface area contributed by atoms with Gasteiger partial charge in [0.25, 0.3) is 0 Å². The first kappa shape index (κ1) is 13.0. The summed E-state index contributed by atoms with van der Waals surface area (Å²) in [6, 6.07) is 5.08. The van der Waals surface area contributed by atoms with Gasteiger partial charge in [-0.1, -0.05) is 6.07 Å². The highest BCUT2D eigenvalue weighted by molar-refractivity contribution is 7.89. The number of benzene rings is 1. The Morgan fingerprint density at radius 2 is 2.22 bits per heavy atom. The number of aromatic nitrogens is 1. The lowest BCUT2D eigenvalue weighted by molar-refractivity contribution is 0.597. The Labute approximate surface area is 110 Å². The van der Waals surface area contributed by atoms with E-state index in [9.17, 15) is 8.42 Å². The van der Waals surface area contributed by atoms with E-state index in [1.807, 2.05) is 11.4 Å². The van der Waals surface area contributed by atoms with Crippen LogP contribution in [0.4, 0.5) is 5.69 Å². The molecule has 3 N–H and O–H groups in total. The van der Waals surface area contributed by atoms with E-state index in [2.05, 4.69) is 10.3 Å². The molecule has 0 bridgehead atoms. The number of thiazole rings is 1. The largest absolute Gasteiger partial charge is 0.379 e. The summed E-state index contributed by atoms with van der Waals surface area (Å²) in [5.41, 5.74) is 4.01. The first-order chi connectivity index (χ1) is 8.47. The summed E-state index contributed by atoms with van der Waals surface area (Å²) in [5.74, 6) is 0. The van der Waals surface area contributed by atoms with Crippen molar-refractivity contribution in [1.29, 1.82) is 0 Å². The van der Waals surface area contributed by atoms with Crippen LogP contribution in [-0.4, -0.2) is 13.4 Å². The third-order valence-electron chi connectivity index (χ3n) is 2.45. The van der Waals surface area contributed by atoms with E-state index in [1.165, 1.54) is 17.4 Å². The maximum atomic E-state index is 11.4. The lowest BCUT2D eigenvalue weighted by Crippen LogP contribution is -2.14. The van der Waals surface area contributed by atoms with Gasteiger partial charge in [-0.25, -0.2) is 18.5 Å². The van der Waals surface area contributed by atoms with Crippen LogP contribution in [0.2, 0.25) is 0 Å². The molecule has 0 saturated heterocycles. The van der Waals surface area contributed by atoms with E-state index in [4.69, 9.17) is 5.14 Å². The van der Waals surface area contributed by atoms with Crippen LogP contribution in [0.25, 0.3) is 0 Å². The Morgan fingerprint density at radius 1 is 1.44 bits per heavy atom. The molecule has 0 aliphatic rings. The molecule has 0 fully saturated rings. The standard InChI is InChI=1S/C11H13N3O2S2/c1-8-2-3-9(4-11(8)18(12,15)16)13-5-10-6-17-7-14-10/h2-4,6-7,13H,5H2,1H3,(H2,12,15,16). The first-order valence-electron chi connectivity index (χ1n) is 5.21. The summed E-state index contributed by atoms with van der Waals surface area (Å²) >= 11 is 1.52. The quantitative estimate of drug-likeness (QED) is 0.894. The average molecular weight is 283 g/mol. The Hall–Kier alpha value is -1.44. The number of nitrogens with zero attached hydrogens (tertiary/aromatic N) is 1. The van der Waals surface area contributed by atoms with Crippen molar-refractivity contribution >= 4 is 27.0 Å². The van der Waals surface area contributed by atoms with Gasteiger partial charge in [0.05, 0.1) is 22.6 Å². The molecular weight excluding hydrogens is 270 g/mol. The molecule has 2 aromatic rings. The zero-order chi connectivity index (χ0) is 13.2. The van der Waals surface area contributed by atoms with Crippen LogP contribution in [0.1, 0.15) is 11.3 Å². The molecule has 7 heteroatoms. The summed E-state index contributed by atoms with van der Waals surface area (Å²) in [5, 5.41) is 10.2. The van der Waals surface area contributed by atoms with E-state index in [0.29, 0.717) is 17.8 Å². The Morgan fingerprint density at radius 3 is 2.83 bits per heavy atom. The van der Waals surface area contributed by atoms with E-state index >= 15 is 0 Å². The molecule has 1 aromatic carbocycles. The van der Waals surface area contributed by atoms with Crippen LogP contribution in [0, 0.1) is 6.92 Å². The minimum Gasteiger partial charge on any atom is -0.379 e. The van der Waals surface area contributed by atoms with Crippen molar-refractivity contribution in [2.45, 2.75) is 18.4 Å². The molecular formula is C11H13N3O2S2. The van der Waals surface area contributed by atoms with E-state index in [-0.39, 0.29) is 4.90 Å². The van der Waals surface area contributed by atoms with Gasteiger partial charge in [-0.3, -0.25) is 0 Å². The zero-order valence-electron chi connectivity index (χ0n) is 9.75. The normalized spacial score (nSPS) is 11.4. The molecule has 1 heterocycles. The molecule has 0 amide bonds. The van der Waals surface area contributed by atoms with Gasteiger partial charge in [-0.15, -0.1) is 11.3 Å².